The van der Waals surface area contributed by atoms with Crippen molar-refractivity contribution in [2.45, 2.75) is 82.8 Å². The van der Waals surface area contributed by atoms with E-state index in [2.05, 4.69) is 19.9 Å². The largest absolute Gasteiger partial charge is 0.384 e. The second-order valence-corrected chi connectivity index (χ2v) is 10.1. The molecule has 3 saturated carbocycles. The van der Waals surface area contributed by atoms with Crippen molar-refractivity contribution in [1.29, 1.82) is 0 Å². The fourth-order valence-electron chi connectivity index (χ4n) is 7.56. The zero-order chi connectivity index (χ0) is 17.5. The zero-order valence-electron chi connectivity index (χ0n) is 16.0. The number of fused-ring (bicyclic) bond motifs is 3. The molecular formula is C22H32O3. The summed E-state index contributed by atoms with van der Waals surface area (Å²) in [5.74, 6) is 1.83. The lowest BCUT2D eigenvalue weighted by atomic mass is 9.44. The standard InChI is InChI=1S/C22H32O3/c1-19(14-24-3)9-4-5-17-16-7-11-21-13-15(23)6-12-22(21,25-21)18(16)8-10-20(17,19)2/h8,16-17H,4-7,9-14H2,1-3H3/t16-,17-,19-,20-,21-,22-/m0/s1. The third-order valence-electron chi connectivity index (χ3n) is 9.16. The van der Waals surface area contributed by atoms with Crippen molar-refractivity contribution in [3.05, 3.63) is 11.6 Å². The van der Waals surface area contributed by atoms with Gasteiger partial charge in [0.1, 0.15) is 17.0 Å². The van der Waals surface area contributed by atoms with Crippen molar-refractivity contribution >= 4 is 5.78 Å². The molecule has 25 heavy (non-hydrogen) atoms. The van der Waals surface area contributed by atoms with Crippen LogP contribution in [0.4, 0.5) is 0 Å². The molecule has 1 saturated heterocycles. The van der Waals surface area contributed by atoms with E-state index in [0.29, 0.717) is 23.5 Å². The first-order valence-electron chi connectivity index (χ1n) is 10.3. The summed E-state index contributed by atoms with van der Waals surface area (Å²) in [4.78, 5) is 12.0. The molecule has 0 aromatic heterocycles. The van der Waals surface area contributed by atoms with E-state index in [1.807, 2.05) is 7.11 Å². The molecule has 0 bridgehead atoms. The molecule has 0 spiro atoms. The van der Waals surface area contributed by atoms with Gasteiger partial charge in [0.2, 0.25) is 0 Å². The van der Waals surface area contributed by atoms with Gasteiger partial charge in [-0.2, -0.15) is 0 Å². The van der Waals surface area contributed by atoms with Crippen LogP contribution >= 0.6 is 0 Å². The Balaban J connectivity index is 1.53. The van der Waals surface area contributed by atoms with Crippen LogP contribution in [0.1, 0.15) is 71.6 Å². The van der Waals surface area contributed by atoms with Gasteiger partial charge in [-0.15, -0.1) is 0 Å². The van der Waals surface area contributed by atoms with Gasteiger partial charge in [-0.05, 0) is 66.8 Å². The van der Waals surface area contributed by atoms with Gasteiger partial charge >= 0.3 is 0 Å². The first-order valence-corrected chi connectivity index (χ1v) is 10.3. The topological polar surface area (TPSA) is 38.8 Å². The minimum atomic E-state index is -0.108. The number of epoxide rings is 1. The van der Waals surface area contributed by atoms with E-state index in [-0.39, 0.29) is 16.6 Å². The lowest BCUT2D eigenvalue weighted by molar-refractivity contribution is -0.122. The number of ether oxygens (including phenoxy) is 2. The van der Waals surface area contributed by atoms with E-state index in [1.54, 1.807) is 5.57 Å². The highest BCUT2D eigenvalue weighted by atomic mass is 16.6. The monoisotopic (exact) mass is 344 g/mol. The molecule has 6 atom stereocenters. The SMILES string of the molecule is COC[C@]1(C)CCC[C@H]2[C@@H]3CC[C@]45CC(=O)CC[C@]4(O5)C3=CC[C@@]21C. The first kappa shape index (κ1) is 16.5. The third kappa shape index (κ3) is 1.87. The Kier molecular flexibility index (Phi) is 3.29. The average molecular weight is 344 g/mol. The number of carbonyl (C=O) groups excluding carboxylic acids is 1. The average Bonchev–Trinajstić information content (AvgIpc) is 3.25. The summed E-state index contributed by atoms with van der Waals surface area (Å²) in [6, 6.07) is 0. The van der Waals surface area contributed by atoms with Gasteiger partial charge in [0.25, 0.3) is 0 Å². The maximum absolute atomic E-state index is 12.0. The number of hydrogen-bond donors (Lipinski definition) is 0. The number of allylic oxidation sites excluding steroid dienone is 1. The first-order chi connectivity index (χ1) is 11.9. The van der Waals surface area contributed by atoms with Crippen LogP contribution in [0.3, 0.4) is 0 Å². The van der Waals surface area contributed by atoms with Crippen molar-refractivity contribution in [3.63, 3.8) is 0 Å². The van der Waals surface area contributed by atoms with Gasteiger partial charge in [0.15, 0.2) is 0 Å². The molecular weight excluding hydrogens is 312 g/mol. The van der Waals surface area contributed by atoms with Crippen LogP contribution in [0.25, 0.3) is 0 Å². The van der Waals surface area contributed by atoms with E-state index >= 15 is 0 Å². The summed E-state index contributed by atoms with van der Waals surface area (Å²) >= 11 is 0. The summed E-state index contributed by atoms with van der Waals surface area (Å²) in [5.41, 5.74) is 2.02. The lowest BCUT2D eigenvalue weighted by Crippen LogP contribution is -2.55. The van der Waals surface area contributed by atoms with Crippen molar-refractivity contribution in [2.24, 2.45) is 22.7 Å². The molecule has 0 aromatic rings. The number of carbonyl (C=O) groups is 1. The smallest absolute Gasteiger partial charge is 0.136 e. The van der Waals surface area contributed by atoms with Gasteiger partial charge in [0, 0.05) is 20.0 Å². The highest BCUT2D eigenvalue weighted by molar-refractivity contribution is 5.83. The van der Waals surface area contributed by atoms with Gasteiger partial charge in [-0.25, -0.2) is 0 Å². The highest BCUT2D eigenvalue weighted by Crippen LogP contribution is 2.72. The number of hydrogen-bond acceptors (Lipinski definition) is 3. The number of methoxy groups -OCH3 is 1. The molecule has 4 fully saturated rings. The molecule has 0 unspecified atom stereocenters. The predicted octanol–water partition coefficient (Wildman–Crippen LogP) is 4.45. The molecule has 5 aliphatic rings. The summed E-state index contributed by atoms with van der Waals surface area (Å²) in [6.45, 7) is 5.86. The number of ketones is 1. The van der Waals surface area contributed by atoms with Crippen LogP contribution in [0.15, 0.2) is 11.6 Å². The van der Waals surface area contributed by atoms with E-state index in [9.17, 15) is 4.79 Å². The molecule has 1 heterocycles. The van der Waals surface area contributed by atoms with Crippen LogP contribution in [-0.2, 0) is 14.3 Å². The molecule has 138 valence electrons. The van der Waals surface area contributed by atoms with Gasteiger partial charge in [-0.3, -0.25) is 4.79 Å². The second kappa shape index (κ2) is 4.98. The summed E-state index contributed by atoms with van der Waals surface area (Å²) < 4.78 is 12.1. The van der Waals surface area contributed by atoms with Crippen molar-refractivity contribution in [2.75, 3.05) is 13.7 Å². The summed E-state index contributed by atoms with van der Waals surface area (Å²) in [7, 11) is 1.85. The van der Waals surface area contributed by atoms with Crippen molar-refractivity contribution < 1.29 is 14.3 Å². The molecule has 3 nitrogen and oxygen atoms in total. The Morgan fingerprint density at radius 1 is 1.24 bits per heavy atom. The quantitative estimate of drug-likeness (QED) is 0.549. The summed E-state index contributed by atoms with van der Waals surface area (Å²) in [5, 5.41) is 0. The maximum atomic E-state index is 12.0. The zero-order valence-corrected chi connectivity index (χ0v) is 16.0. The minimum Gasteiger partial charge on any atom is -0.384 e. The molecule has 1 aliphatic heterocycles. The van der Waals surface area contributed by atoms with E-state index in [1.165, 1.54) is 25.7 Å². The van der Waals surface area contributed by atoms with Crippen molar-refractivity contribution in [3.8, 4) is 0 Å². The Labute approximate surface area is 151 Å². The fourth-order valence-corrected chi connectivity index (χ4v) is 7.56. The van der Waals surface area contributed by atoms with Gasteiger partial charge in [0.05, 0.1) is 6.61 Å². The lowest BCUT2D eigenvalue weighted by Gasteiger charge is -2.60. The Hall–Kier alpha value is -0.670. The van der Waals surface area contributed by atoms with Crippen molar-refractivity contribution in [1.82, 2.24) is 0 Å². The predicted molar refractivity (Wildman–Crippen MR) is 96.3 cm³/mol. The Bertz CT molecular complexity index is 650. The van der Waals surface area contributed by atoms with Gasteiger partial charge < -0.3 is 9.47 Å². The van der Waals surface area contributed by atoms with Gasteiger partial charge in [-0.1, -0.05) is 26.3 Å². The molecule has 5 rings (SSSR count). The maximum Gasteiger partial charge on any atom is 0.136 e. The van der Waals surface area contributed by atoms with E-state index in [4.69, 9.17) is 9.47 Å². The van der Waals surface area contributed by atoms with Crippen LogP contribution < -0.4 is 0 Å². The number of rotatable bonds is 2. The molecule has 0 radical (unpaired) electrons. The van der Waals surface area contributed by atoms with Crippen LogP contribution in [0, 0.1) is 22.7 Å². The molecule has 0 amide bonds. The van der Waals surface area contributed by atoms with Crippen LogP contribution in [0.2, 0.25) is 0 Å². The minimum absolute atomic E-state index is 0.0553. The Morgan fingerprint density at radius 3 is 2.88 bits per heavy atom. The fraction of sp³-hybridized carbons (Fsp3) is 0.864. The molecule has 3 heteroatoms. The normalized spacial score (nSPS) is 53.9. The van der Waals surface area contributed by atoms with E-state index in [0.717, 1.165) is 38.2 Å². The highest BCUT2D eigenvalue weighted by Gasteiger charge is 2.76. The third-order valence-corrected chi connectivity index (χ3v) is 9.16. The molecule has 4 aliphatic carbocycles. The van der Waals surface area contributed by atoms with E-state index < -0.39 is 0 Å². The van der Waals surface area contributed by atoms with Crippen LogP contribution in [-0.4, -0.2) is 30.7 Å². The number of Topliss-reactive ketones (excluding diaryl/α,β-unsaturated/α-hetero) is 1. The molecule has 0 aromatic carbocycles. The van der Waals surface area contributed by atoms with Crippen LogP contribution in [0.5, 0.6) is 0 Å². The second-order valence-electron chi connectivity index (χ2n) is 10.1. The summed E-state index contributed by atoms with van der Waals surface area (Å²) in [6.07, 6.45) is 12.3. The molecule has 0 N–H and O–H groups in total. The Morgan fingerprint density at radius 2 is 2.08 bits per heavy atom.